The van der Waals surface area contributed by atoms with Gasteiger partial charge in [-0.1, -0.05) is 18.2 Å². The molecule has 0 bridgehead atoms. The third-order valence-electron chi connectivity index (χ3n) is 3.37. The van der Waals surface area contributed by atoms with Gasteiger partial charge >= 0.3 is 0 Å². The van der Waals surface area contributed by atoms with Crippen LogP contribution in [-0.2, 0) is 0 Å². The number of ether oxygens (including phenoxy) is 1. The van der Waals surface area contributed by atoms with Gasteiger partial charge in [-0.3, -0.25) is 0 Å². The summed E-state index contributed by atoms with van der Waals surface area (Å²) in [5.74, 6) is -2.81. The molecule has 26 heavy (non-hydrogen) atoms. The minimum Gasteiger partial charge on any atom is -0.457 e. The lowest BCUT2D eigenvalue weighted by Gasteiger charge is -2.12. The molecular weight excluding hydrogens is 361 g/mol. The average Bonchev–Trinajstić information content (AvgIpc) is 2.65. The predicted molar refractivity (Wildman–Crippen MR) is 99.1 cm³/mol. The van der Waals surface area contributed by atoms with Crippen molar-refractivity contribution in [2.75, 3.05) is 10.6 Å². The van der Waals surface area contributed by atoms with Gasteiger partial charge in [-0.2, -0.15) is 0 Å². The summed E-state index contributed by atoms with van der Waals surface area (Å²) in [4.78, 5) is 0. The molecular formula is C19H13F3N2OS. The molecule has 0 aliphatic rings. The molecule has 7 heteroatoms. The van der Waals surface area contributed by atoms with Gasteiger partial charge in [0, 0.05) is 5.69 Å². The van der Waals surface area contributed by atoms with Crippen LogP contribution in [0.5, 0.6) is 11.5 Å². The van der Waals surface area contributed by atoms with Crippen LogP contribution in [0.15, 0.2) is 66.7 Å². The van der Waals surface area contributed by atoms with Crippen molar-refractivity contribution in [3.8, 4) is 11.5 Å². The summed E-state index contributed by atoms with van der Waals surface area (Å²) >= 11 is 5.06. The third-order valence-corrected chi connectivity index (χ3v) is 3.58. The van der Waals surface area contributed by atoms with E-state index in [4.69, 9.17) is 17.0 Å². The van der Waals surface area contributed by atoms with Crippen molar-refractivity contribution in [2.24, 2.45) is 0 Å². The Morgan fingerprint density at radius 3 is 2.08 bits per heavy atom. The number of para-hydroxylation sites is 1. The van der Waals surface area contributed by atoms with E-state index in [1.54, 1.807) is 24.3 Å². The largest absolute Gasteiger partial charge is 0.457 e. The van der Waals surface area contributed by atoms with E-state index in [1.807, 2.05) is 30.3 Å². The number of halogens is 3. The van der Waals surface area contributed by atoms with Crippen molar-refractivity contribution in [3.05, 3.63) is 84.2 Å². The average molecular weight is 374 g/mol. The molecule has 3 aromatic rings. The van der Waals surface area contributed by atoms with Gasteiger partial charge in [-0.05, 0) is 60.7 Å². The molecule has 0 aliphatic heterocycles. The lowest BCUT2D eigenvalue weighted by molar-refractivity contribution is 0.449. The smallest absolute Gasteiger partial charge is 0.196 e. The van der Waals surface area contributed by atoms with E-state index >= 15 is 0 Å². The maximum Gasteiger partial charge on any atom is 0.196 e. The third kappa shape index (κ3) is 4.31. The normalized spacial score (nSPS) is 10.3. The van der Waals surface area contributed by atoms with E-state index in [0.29, 0.717) is 17.2 Å². The Balaban J connectivity index is 1.62. The number of hydrogen-bond donors (Lipinski definition) is 2. The second-order valence-electron chi connectivity index (χ2n) is 5.24. The first-order valence-electron chi connectivity index (χ1n) is 7.57. The molecule has 0 atom stereocenters. The molecule has 0 unspecified atom stereocenters. The van der Waals surface area contributed by atoms with Crippen LogP contribution in [0.3, 0.4) is 0 Å². The van der Waals surface area contributed by atoms with Gasteiger partial charge in [0.25, 0.3) is 0 Å². The molecule has 0 aliphatic carbocycles. The van der Waals surface area contributed by atoms with E-state index in [-0.39, 0.29) is 10.8 Å². The lowest BCUT2D eigenvalue weighted by atomic mass is 10.3. The highest BCUT2D eigenvalue weighted by Gasteiger charge is 2.14. The zero-order valence-corrected chi connectivity index (χ0v) is 14.1. The highest BCUT2D eigenvalue weighted by molar-refractivity contribution is 7.80. The molecule has 0 fully saturated rings. The summed E-state index contributed by atoms with van der Waals surface area (Å²) in [5.41, 5.74) is 0.358. The fourth-order valence-corrected chi connectivity index (χ4v) is 2.37. The quantitative estimate of drug-likeness (QED) is 0.453. The SMILES string of the molecule is Fc1ccc(NC(=S)Nc2ccc(Oc3ccccc3)cc2)c(F)c1F. The van der Waals surface area contributed by atoms with Gasteiger partial charge in [0.05, 0.1) is 5.69 Å². The fraction of sp³-hybridized carbons (Fsp3) is 0. The topological polar surface area (TPSA) is 33.3 Å². The monoisotopic (exact) mass is 374 g/mol. The highest BCUT2D eigenvalue weighted by Crippen LogP contribution is 2.23. The first kappa shape index (κ1) is 17.8. The summed E-state index contributed by atoms with van der Waals surface area (Å²) in [6.07, 6.45) is 0. The summed E-state index contributed by atoms with van der Waals surface area (Å²) in [6.45, 7) is 0. The Bertz CT molecular complexity index is 918. The molecule has 132 valence electrons. The molecule has 0 aromatic heterocycles. The van der Waals surface area contributed by atoms with Crippen molar-refractivity contribution in [2.45, 2.75) is 0 Å². The maximum absolute atomic E-state index is 13.6. The molecule has 0 spiro atoms. The zero-order valence-electron chi connectivity index (χ0n) is 13.3. The number of rotatable bonds is 4. The molecule has 3 aromatic carbocycles. The second kappa shape index (κ2) is 7.88. The minimum absolute atomic E-state index is 0.0339. The Morgan fingerprint density at radius 1 is 0.731 bits per heavy atom. The van der Waals surface area contributed by atoms with Crippen LogP contribution in [-0.4, -0.2) is 5.11 Å². The molecule has 2 N–H and O–H groups in total. The molecule has 0 heterocycles. The van der Waals surface area contributed by atoms with Crippen molar-refractivity contribution in [1.29, 1.82) is 0 Å². The van der Waals surface area contributed by atoms with Gasteiger partial charge in [0.1, 0.15) is 11.5 Å². The van der Waals surface area contributed by atoms with Crippen LogP contribution < -0.4 is 15.4 Å². The second-order valence-corrected chi connectivity index (χ2v) is 5.65. The fourth-order valence-electron chi connectivity index (χ4n) is 2.14. The van der Waals surface area contributed by atoms with Gasteiger partial charge in [-0.25, -0.2) is 13.2 Å². The van der Waals surface area contributed by atoms with Gasteiger partial charge in [0.2, 0.25) is 0 Å². The zero-order chi connectivity index (χ0) is 18.5. The Labute approximate surface area is 153 Å². The van der Waals surface area contributed by atoms with Crippen molar-refractivity contribution >= 4 is 28.7 Å². The van der Waals surface area contributed by atoms with Crippen molar-refractivity contribution < 1.29 is 17.9 Å². The number of hydrogen-bond acceptors (Lipinski definition) is 2. The van der Waals surface area contributed by atoms with Crippen LogP contribution in [0.2, 0.25) is 0 Å². The Kier molecular flexibility index (Phi) is 5.38. The highest BCUT2D eigenvalue weighted by atomic mass is 32.1. The molecule has 0 radical (unpaired) electrons. The van der Waals surface area contributed by atoms with Gasteiger partial charge in [-0.15, -0.1) is 0 Å². The number of anilines is 2. The summed E-state index contributed by atoms with van der Waals surface area (Å²) in [7, 11) is 0. The summed E-state index contributed by atoms with van der Waals surface area (Å²) < 4.78 is 45.5. The predicted octanol–water partition coefficient (Wildman–Crippen LogP) is 5.71. The molecule has 3 nitrogen and oxygen atoms in total. The summed E-state index contributed by atoms with van der Waals surface area (Å²) in [6, 6.07) is 18.1. The molecule has 0 amide bonds. The van der Waals surface area contributed by atoms with Crippen LogP contribution in [0.1, 0.15) is 0 Å². The van der Waals surface area contributed by atoms with E-state index in [2.05, 4.69) is 10.6 Å². The van der Waals surface area contributed by atoms with E-state index in [0.717, 1.165) is 12.1 Å². The first-order chi connectivity index (χ1) is 12.5. The summed E-state index contributed by atoms with van der Waals surface area (Å²) in [5, 5.41) is 5.35. The van der Waals surface area contributed by atoms with E-state index in [9.17, 15) is 13.2 Å². The molecule has 0 saturated heterocycles. The van der Waals surface area contributed by atoms with E-state index in [1.165, 1.54) is 0 Å². The number of benzene rings is 3. The van der Waals surface area contributed by atoms with Gasteiger partial charge < -0.3 is 15.4 Å². The standard InChI is InChI=1S/C19H13F3N2OS/c20-15-10-11-16(18(22)17(15)21)24-19(26)23-12-6-8-14(9-7-12)25-13-4-2-1-3-5-13/h1-11H,(H2,23,24,26). The minimum atomic E-state index is -1.56. The van der Waals surface area contributed by atoms with Crippen molar-refractivity contribution in [3.63, 3.8) is 0 Å². The van der Waals surface area contributed by atoms with Crippen LogP contribution >= 0.6 is 12.2 Å². The van der Waals surface area contributed by atoms with E-state index < -0.39 is 17.5 Å². The first-order valence-corrected chi connectivity index (χ1v) is 7.98. The van der Waals surface area contributed by atoms with Crippen LogP contribution in [0, 0.1) is 17.5 Å². The number of nitrogens with one attached hydrogen (secondary N) is 2. The van der Waals surface area contributed by atoms with Crippen molar-refractivity contribution in [1.82, 2.24) is 0 Å². The number of thiocarbonyl (C=S) groups is 1. The lowest BCUT2D eigenvalue weighted by Crippen LogP contribution is -2.20. The van der Waals surface area contributed by atoms with Crippen LogP contribution in [0.25, 0.3) is 0 Å². The molecule has 0 saturated carbocycles. The molecule has 3 rings (SSSR count). The Morgan fingerprint density at radius 2 is 1.38 bits per heavy atom. The maximum atomic E-state index is 13.6. The van der Waals surface area contributed by atoms with Crippen LogP contribution in [0.4, 0.5) is 24.5 Å². The Hall–Kier alpha value is -3.06. The van der Waals surface area contributed by atoms with Gasteiger partial charge in [0.15, 0.2) is 22.6 Å².